The summed E-state index contributed by atoms with van der Waals surface area (Å²) in [6.07, 6.45) is 3.52. The van der Waals surface area contributed by atoms with Gasteiger partial charge in [-0.2, -0.15) is 0 Å². The number of rotatable bonds is 4. The second-order valence-corrected chi connectivity index (χ2v) is 7.37. The van der Waals surface area contributed by atoms with Crippen LogP contribution in [0.1, 0.15) is 11.1 Å². The number of hydrogen-bond acceptors (Lipinski definition) is 4. The molecule has 0 unspecified atom stereocenters. The second-order valence-electron chi connectivity index (χ2n) is 7.37. The maximum absolute atomic E-state index is 5.96. The first kappa shape index (κ1) is 18.1. The van der Waals surface area contributed by atoms with Gasteiger partial charge in [0.15, 0.2) is 11.5 Å². The van der Waals surface area contributed by atoms with Gasteiger partial charge in [-0.3, -0.25) is 0 Å². The van der Waals surface area contributed by atoms with E-state index in [1.165, 1.54) is 11.1 Å². The van der Waals surface area contributed by atoms with E-state index in [4.69, 9.17) is 8.83 Å². The summed E-state index contributed by atoms with van der Waals surface area (Å²) in [4.78, 5) is 8.87. The molecule has 4 nitrogen and oxygen atoms in total. The molecule has 4 heteroatoms. The minimum Gasteiger partial charge on any atom is -0.436 e. The first-order chi connectivity index (χ1) is 14.7. The SMILES string of the molecule is Cc1ccc(-c2cnc(-c3ccc(-c4ncc(-c5ccc(C)cc5)o4)cc3)o2)cc1. The van der Waals surface area contributed by atoms with Crippen molar-refractivity contribution in [1.82, 2.24) is 9.97 Å². The highest BCUT2D eigenvalue weighted by atomic mass is 16.4. The number of nitrogens with zero attached hydrogens (tertiary/aromatic N) is 2. The minimum atomic E-state index is 0.588. The van der Waals surface area contributed by atoms with Crippen LogP contribution in [0.25, 0.3) is 45.6 Å². The molecule has 0 fully saturated rings. The smallest absolute Gasteiger partial charge is 0.226 e. The molecule has 30 heavy (non-hydrogen) atoms. The molecule has 0 bridgehead atoms. The molecule has 0 atom stereocenters. The summed E-state index contributed by atoms with van der Waals surface area (Å²) in [5.41, 5.74) is 6.26. The van der Waals surface area contributed by atoms with Gasteiger partial charge in [-0.25, -0.2) is 9.97 Å². The molecule has 3 aromatic carbocycles. The summed E-state index contributed by atoms with van der Waals surface area (Å²) in [6, 6.07) is 24.3. The Morgan fingerprint density at radius 3 is 1.17 bits per heavy atom. The van der Waals surface area contributed by atoms with Crippen molar-refractivity contribution < 1.29 is 8.83 Å². The van der Waals surface area contributed by atoms with Gasteiger partial charge in [-0.05, 0) is 38.1 Å². The molecule has 0 aliphatic rings. The number of benzene rings is 3. The van der Waals surface area contributed by atoms with Crippen LogP contribution >= 0.6 is 0 Å². The zero-order valence-electron chi connectivity index (χ0n) is 16.8. The molecule has 5 aromatic rings. The lowest BCUT2D eigenvalue weighted by molar-refractivity contribution is 0.587. The van der Waals surface area contributed by atoms with Crippen LogP contribution in [-0.4, -0.2) is 9.97 Å². The van der Waals surface area contributed by atoms with Gasteiger partial charge in [-0.15, -0.1) is 0 Å². The molecule has 2 aromatic heterocycles. The number of oxazole rings is 2. The number of aryl methyl sites for hydroxylation is 2. The van der Waals surface area contributed by atoms with Gasteiger partial charge in [0.1, 0.15) is 0 Å². The summed E-state index contributed by atoms with van der Waals surface area (Å²) < 4.78 is 11.9. The molecule has 0 aliphatic heterocycles. The summed E-state index contributed by atoms with van der Waals surface area (Å²) >= 11 is 0. The Balaban J connectivity index is 1.37. The van der Waals surface area contributed by atoms with Crippen molar-refractivity contribution >= 4 is 0 Å². The van der Waals surface area contributed by atoms with Gasteiger partial charge in [0.25, 0.3) is 0 Å². The maximum atomic E-state index is 5.96. The van der Waals surface area contributed by atoms with Crippen molar-refractivity contribution in [2.24, 2.45) is 0 Å². The Labute approximate surface area is 174 Å². The van der Waals surface area contributed by atoms with Gasteiger partial charge < -0.3 is 8.83 Å². The zero-order valence-corrected chi connectivity index (χ0v) is 16.8. The molecule has 0 saturated carbocycles. The normalized spacial score (nSPS) is 11.0. The summed E-state index contributed by atoms with van der Waals surface area (Å²) in [5.74, 6) is 2.68. The van der Waals surface area contributed by atoms with E-state index in [1.807, 2.05) is 48.5 Å². The fourth-order valence-corrected chi connectivity index (χ4v) is 3.27. The van der Waals surface area contributed by atoms with Crippen molar-refractivity contribution in [3.63, 3.8) is 0 Å². The molecule has 0 radical (unpaired) electrons. The summed E-state index contributed by atoms with van der Waals surface area (Å²) in [5, 5.41) is 0. The van der Waals surface area contributed by atoms with E-state index in [-0.39, 0.29) is 0 Å². The van der Waals surface area contributed by atoms with Crippen molar-refractivity contribution in [2.45, 2.75) is 13.8 Å². The lowest BCUT2D eigenvalue weighted by Gasteiger charge is -2.00. The van der Waals surface area contributed by atoms with E-state index in [2.05, 4.69) is 48.1 Å². The predicted octanol–water partition coefficient (Wildman–Crippen LogP) is 6.95. The van der Waals surface area contributed by atoms with Crippen molar-refractivity contribution in [2.75, 3.05) is 0 Å². The largest absolute Gasteiger partial charge is 0.436 e. The maximum Gasteiger partial charge on any atom is 0.226 e. The van der Waals surface area contributed by atoms with Crippen molar-refractivity contribution in [1.29, 1.82) is 0 Å². The minimum absolute atomic E-state index is 0.588. The molecule has 0 aliphatic carbocycles. The standard InChI is InChI=1S/C26H20N2O2/c1-17-3-7-19(8-4-17)23-15-27-25(29-23)21-11-13-22(14-12-21)26-28-16-24(30-26)20-9-5-18(2)6-10-20/h3-16H,1-2H3. The van der Waals surface area contributed by atoms with E-state index >= 15 is 0 Å². The Morgan fingerprint density at radius 2 is 0.800 bits per heavy atom. The zero-order chi connectivity index (χ0) is 20.5. The highest BCUT2D eigenvalue weighted by Crippen LogP contribution is 2.30. The van der Waals surface area contributed by atoms with Crippen molar-refractivity contribution in [3.8, 4) is 45.6 Å². The molecular weight excluding hydrogens is 372 g/mol. The molecule has 0 N–H and O–H groups in total. The number of aromatic nitrogens is 2. The van der Waals surface area contributed by atoms with Gasteiger partial charge in [0.05, 0.1) is 12.4 Å². The third-order valence-corrected chi connectivity index (χ3v) is 5.06. The van der Waals surface area contributed by atoms with Crippen LogP contribution in [0.15, 0.2) is 94.0 Å². The molecule has 146 valence electrons. The van der Waals surface area contributed by atoms with Crippen LogP contribution in [0.4, 0.5) is 0 Å². The quantitative estimate of drug-likeness (QED) is 0.332. The third kappa shape index (κ3) is 3.55. The van der Waals surface area contributed by atoms with E-state index in [0.29, 0.717) is 11.8 Å². The van der Waals surface area contributed by atoms with Crippen LogP contribution in [0, 0.1) is 13.8 Å². The molecule has 2 heterocycles. The highest BCUT2D eigenvalue weighted by molar-refractivity contribution is 5.66. The van der Waals surface area contributed by atoms with Gasteiger partial charge in [-0.1, -0.05) is 59.7 Å². The molecular formula is C26H20N2O2. The summed E-state index contributed by atoms with van der Waals surface area (Å²) in [7, 11) is 0. The van der Waals surface area contributed by atoms with E-state index in [1.54, 1.807) is 12.4 Å². The van der Waals surface area contributed by atoms with Gasteiger partial charge in [0.2, 0.25) is 11.8 Å². The van der Waals surface area contributed by atoms with Gasteiger partial charge >= 0.3 is 0 Å². The Kier molecular flexibility index (Phi) is 4.52. The predicted molar refractivity (Wildman–Crippen MR) is 118 cm³/mol. The monoisotopic (exact) mass is 392 g/mol. The average molecular weight is 392 g/mol. The van der Waals surface area contributed by atoms with Crippen molar-refractivity contribution in [3.05, 3.63) is 96.3 Å². The van der Waals surface area contributed by atoms with Crippen LogP contribution in [-0.2, 0) is 0 Å². The van der Waals surface area contributed by atoms with Crippen LogP contribution in [0.5, 0.6) is 0 Å². The number of hydrogen-bond donors (Lipinski definition) is 0. The second kappa shape index (κ2) is 7.48. The highest BCUT2D eigenvalue weighted by Gasteiger charge is 2.11. The lowest BCUT2D eigenvalue weighted by Crippen LogP contribution is -1.80. The van der Waals surface area contributed by atoms with Gasteiger partial charge in [0, 0.05) is 22.3 Å². The van der Waals surface area contributed by atoms with Crippen LogP contribution in [0.3, 0.4) is 0 Å². The first-order valence-corrected chi connectivity index (χ1v) is 9.82. The fourth-order valence-electron chi connectivity index (χ4n) is 3.27. The first-order valence-electron chi connectivity index (χ1n) is 9.82. The molecule has 0 saturated heterocycles. The molecule has 0 amide bonds. The van der Waals surface area contributed by atoms with Crippen LogP contribution in [0.2, 0.25) is 0 Å². The topological polar surface area (TPSA) is 52.1 Å². The fraction of sp³-hybridized carbons (Fsp3) is 0.0769. The lowest BCUT2D eigenvalue weighted by atomic mass is 10.1. The molecule has 5 rings (SSSR count). The van der Waals surface area contributed by atoms with E-state index < -0.39 is 0 Å². The summed E-state index contributed by atoms with van der Waals surface area (Å²) in [6.45, 7) is 4.13. The Hall–Kier alpha value is -3.92. The molecule has 0 spiro atoms. The van der Waals surface area contributed by atoms with E-state index in [0.717, 1.165) is 33.8 Å². The van der Waals surface area contributed by atoms with E-state index in [9.17, 15) is 0 Å². The average Bonchev–Trinajstić information content (AvgIpc) is 3.45. The Bertz CT molecular complexity index is 1180. The third-order valence-electron chi connectivity index (χ3n) is 5.06. The Morgan fingerprint density at radius 1 is 0.467 bits per heavy atom. The van der Waals surface area contributed by atoms with Crippen LogP contribution < -0.4 is 0 Å².